The SMILES string of the molecule is CSC(=O)NCc1c[nH]c2ccccc12. The molecule has 0 fully saturated rings. The standard InChI is InChI=1S/C11H12N2OS/c1-15-11(14)13-7-8-6-12-10-5-3-2-4-9(8)10/h2-6,12H,7H2,1H3,(H,13,14). The molecular formula is C11H12N2OS. The van der Waals surface area contributed by atoms with Crippen molar-refractivity contribution in [2.24, 2.45) is 0 Å². The number of fused-ring (bicyclic) bond motifs is 1. The quantitative estimate of drug-likeness (QED) is 0.817. The summed E-state index contributed by atoms with van der Waals surface area (Å²) in [7, 11) is 0. The maximum atomic E-state index is 11.1. The number of benzene rings is 1. The van der Waals surface area contributed by atoms with E-state index in [4.69, 9.17) is 0 Å². The minimum Gasteiger partial charge on any atom is -0.361 e. The first-order chi connectivity index (χ1) is 7.31. The molecule has 0 saturated heterocycles. The van der Waals surface area contributed by atoms with E-state index in [1.54, 1.807) is 6.26 Å². The highest BCUT2D eigenvalue weighted by atomic mass is 32.2. The molecule has 2 N–H and O–H groups in total. The van der Waals surface area contributed by atoms with Crippen LogP contribution in [0.4, 0.5) is 4.79 Å². The second-order valence-electron chi connectivity index (χ2n) is 3.20. The third-order valence-electron chi connectivity index (χ3n) is 2.28. The normalized spacial score (nSPS) is 10.5. The molecule has 0 unspecified atom stereocenters. The van der Waals surface area contributed by atoms with Gasteiger partial charge in [-0.05, 0) is 17.9 Å². The number of rotatable bonds is 2. The van der Waals surface area contributed by atoms with Gasteiger partial charge in [-0.25, -0.2) is 0 Å². The van der Waals surface area contributed by atoms with Gasteiger partial charge < -0.3 is 10.3 Å². The Balaban J connectivity index is 2.18. The van der Waals surface area contributed by atoms with E-state index in [2.05, 4.69) is 10.3 Å². The summed E-state index contributed by atoms with van der Waals surface area (Å²) < 4.78 is 0. The molecule has 3 nitrogen and oxygen atoms in total. The van der Waals surface area contributed by atoms with E-state index < -0.39 is 0 Å². The second-order valence-corrected chi connectivity index (χ2v) is 3.98. The van der Waals surface area contributed by atoms with E-state index in [1.807, 2.05) is 30.5 Å². The molecule has 0 aliphatic rings. The molecule has 0 saturated carbocycles. The van der Waals surface area contributed by atoms with Crippen molar-refractivity contribution in [2.45, 2.75) is 6.54 Å². The summed E-state index contributed by atoms with van der Waals surface area (Å²) in [5, 5.41) is 4.00. The molecule has 2 aromatic rings. The molecule has 1 heterocycles. The minimum absolute atomic E-state index is 0.000260. The first kappa shape index (κ1) is 10.1. The first-order valence-corrected chi connectivity index (χ1v) is 5.90. The van der Waals surface area contributed by atoms with Crippen LogP contribution in [0.15, 0.2) is 30.5 Å². The maximum Gasteiger partial charge on any atom is 0.279 e. The van der Waals surface area contributed by atoms with Crippen LogP contribution in [-0.4, -0.2) is 16.5 Å². The van der Waals surface area contributed by atoms with Crippen LogP contribution < -0.4 is 5.32 Å². The number of thioether (sulfide) groups is 1. The van der Waals surface area contributed by atoms with Gasteiger partial charge in [-0.1, -0.05) is 30.0 Å². The molecule has 0 atom stereocenters. The van der Waals surface area contributed by atoms with Gasteiger partial charge in [0.2, 0.25) is 0 Å². The lowest BCUT2D eigenvalue weighted by Crippen LogP contribution is -2.17. The van der Waals surface area contributed by atoms with Crippen LogP contribution in [0.1, 0.15) is 5.56 Å². The van der Waals surface area contributed by atoms with Crippen molar-refractivity contribution in [1.29, 1.82) is 0 Å². The first-order valence-electron chi connectivity index (χ1n) is 4.68. The zero-order chi connectivity index (χ0) is 10.7. The van der Waals surface area contributed by atoms with Gasteiger partial charge in [0.1, 0.15) is 0 Å². The number of carbonyl (C=O) groups excluding carboxylic acids is 1. The van der Waals surface area contributed by atoms with Crippen LogP contribution in [0.3, 0.4) is 0 Å². The van der Waals surface area contributed by atoms with Gasteiger partial charge in [-0.3, -0.25) is 4.79 Å². The number of carbonyl (C=O) groups is 1. The molecule has 1 amide bonds. The van der Waals surface area contributed by atoms with Gasteiger partial charge >= 0.3 is 0 Å². The fraction of sp³-hybridized carbons (Fsp3) is 0.182. The van der Waals surface area contributed by atoms with Crippen molar-refractivity contribution in [3.63, 3.8) is 0 Å². The number of aromatic nitrogens is 1. The van der Waals surface area contributed by atoms with Crippen LogP contribution in [-0.2, 0) is 6.54 Å². The van der Waals surface area contributed by atoms with Crippen molar-refractivity contribution in [3.05, 3.63) is 36.0 Å². The van der Waals surface area contributed by atoms with Gasteiger partial charge in [0.05, 0.1) is 0 Å². The Kier molecular flexibility index (Phi) is 2.97. The highest BCUT2D eigenvalue weighted by molar-refractivity contribution is 8.12. The van der Waals surface area contributed by atoms with E-state index in [9.17, 15) is 4.79 Å². The number of hydrogen-bond donors (Lipinski definition) is 2. The van der Waals surface area contributed by atoms with E-state index in [-0.39, 0.29) is 5.24 Å². The fourth-order valence-corrected chi connectivity index (χ4v) is 1.73. The van der Waals surface area contributed by atoms with Gasteiger partial charge in [-0.15, -0.1) is 0 Å². The Morgan fingerprint density at radius 3 is 3.07 bits per heavy atom. The highest BCUT2D eigenvalue weighted by Gasteiger charge is 2.03. The van der Waals surface area contributed by atoms with Crippen molar-refractivity contribution in [1.82, 2.24) is 10.3 Å². The molecule has 0 bridgehead atoms. The average molecular weight is 220 g/mol. The Hall–Kier alpha value is -1.42. The molecule has 1 aromatic heterocycles. The fourth-order valence-electron chi connectivity index (χ4n) is 1.52. The van der Waals surface area contributed by atoms with E-state index in [0.29, 0.717) is 6.54 Å². The summed E-state index contributed by atoms with van der Waals surface area (Å²) in [6.45, 7) is 0.573. The second kappa shape index (κ2) is 4.40. The molecule has 1 aromatic carbocycles. The summed E-state index contributed by atoms with van der Waals surface area (Å²) in [6.07, 6.45) is 3.70. The Bertz CT molecular complexity index is 478. The molecule has 0 aliphatic heterocycles. The number of hydrogen-bond acceptors (Lipinski definition) is 2. The molecule has 0 aliphatic carbocycles. The van der Waals surface area contributed by atoms with Crippen LogP contribution in [0.2, 0.25) is 0 Å². The van der Waals surface area contributed by atoms with Crippen molar-refractivity contribution < 1.29 is 4.79 Å². The molecule has 78 valence electrons. The summed E-state index contributed by atoms with van der Waals surface area (Å²) >= 11 is 1.19. The van der Waals surface area contributed by atoms with Gasteiger partial charge in [0.25, 0.3) is 5.24 Å². The third kappa shape index (κ3) is 2.15. The highest BCUT2D eigenvalue weighted by Crippen LogP contribution is 2.17. The summed E-state index contributed by atoms with van der Waals surface area (Å²) in [6, 6.07) is 8.06. The lowest BCUT2D eigenvalue weighted by Gasteiger charge is -2.01. The van der Waals surface area contributed by atoms with Gasteiger partial charge in [0, 0.05) is 23.6 Å². The van der Waals surface area contributed by atoms with Crippen LogP contribution in [0.25, 0.3) is 10.9 Å². The Labute approximate surface area is 92.3 Å². The van der Waals surface area contributed by atoms with Crippen LogP contribution in [0, 0.1) is 0 Å². The van der Waals surface area contributed by atoms with Crippen molar-refractivity contribution in [2.75, 3.05) is 6.26 Å². The molecular weight excluding hydrogens is 208 g/mol. The summed E-state index contributed by atoms with van der Waals surface area (Å²) in [5.74, 6) is 0. The number of para-hydroxylation sites is 1. The van der Waals surface area contributed by atoms with Crippen molar-refractivity contribution in [3.8, 4) is 0 Å². The van der Waals surface area contributed by atoms with E-state index in [0.717, 1.165) is 11.1 Å². The Morgan fingerprint density at radius 1 is 1.47 bits per heavy atom. The maximum absolute atomic E-state index is 11.1. The number of nitrogens with one attached hydrogen (secondary N) is 2. The number of H-pyrrole nitrogens is 1. The summed E-state index contributed by atoms with van der Waals surface area (Å²) in [5.41, 5.74) is 2.22. The zero-order valence-corrected chi connectivity index (χ0v) is 9.23. The van der Waals surface area contributed by atoms with Crippen molar-refractivity contribution >= 4 is 27.9 Å². The number of aromatic amines is 1. The zero-order valence-electron chi connectivity index (χ0n) is 8.41. The minimum atomic E-state index is 0.000260. The predicted molar refractivity (Wildman–Crippen MR) is 64.0 cm³/mol. The third-order valence-corrected chi connectivity index (χ3v) is 2.80. The van der Waals surface area contributed by atoms with Crippen LogP contribution >= 0.6 is 11.8 Å². The topological polar surface area (TPSA) is 44.9 Å². The van der Waals surface area contributed by atoms with Gasteiger partial charge in [0.15, 0.2) is 0 Å². The lowest BCUT2D eigenvalue weighted by atomic mass is 10.2. The molecule has 0 spiro atoms. The molecule has 2 rings (SSSR count). The van der Waals surface area contributed by atoms with Gasteiger partial charge in [-0.2, -0.15) is 0 Å². The monoisotopic (exact) mass is 220 g/mol. The molecule has 0 radical (unpaired) electrons. The number of amides is 1. The summed E-state index contributed by atoms with van der Waals surface area (Å²) in [4.78, 5) is 14.3. The molecule has 15 heavy (non-hydrogen) atoms. The van der Waals surface area contributed by atoms with E-state index in [1.165, 1.54) is 17.1 Å². The predicted octanol–water partition coefficient (Wildman–Crippen LogP) is 2.74. The smallest absolute Gasteiger partial charge is 0.279 e. The van der Waals surface area contributed by atoms with E-state index >= 15 is 0 Å². The molecule has 4 heteroatoms. The Morgan fingerprint density at radius 2 is 2.27 bits per heavy atom. The lowest BCUT2D eigenvalue weighted by molar-refractivity contribution is 0.260. The largest absolute Gasteiger partial charge is 0.361 e. The average Bonchev–Trinajstić information content (AvgIpc) is 2.69. The van der Waals surface area contributed by atoms with Crippen LogP contribution in [0.5, 0.6) is 0 Å².